The molecule has 2 aliphatic heterocycles. The van der Waals surface area contributed by atoms with Crippen molar-refractivity contribution in [3.8, 4) is 0 Å². The summed E-state index contributed by atoms with van der Waals surface area (Å²) < 4.78 is 20.0. The molecule has 0 aromatic heterocycles. The van der Waals surface area contributed by atoms with E-state index in [0.717, 1.165) is 24.0 Å². The van der Waals surface area contributed by atoms with E-state index in [4.69, 9.17) is 4.74 Å². The lowest BCUT2D eigenvalue weighted by molar-refractivity contribution is -0.141. The van der Waals surface area contributed by atoms with Crippen molar-refractivity contribution in [1.82, 2.24) is 5.32 Å². The zero-order valence-electron chi connectivity index (χ0n) is 21.2. The Hall–Kier alpha value is -3.35. The van der Waals surface area contributed by atoms with E-state index in [9.17, 15) is 19.1 Å². The number of carbonyl (C=O) groups excluding carboxylic acids is 2. The van der Waals surface area contributed by atoms with Crippen molar-refractivity contribution >= 4 is 17.6 Å². The van der Waals surface area contributed by atoms with Crippen molar-refractivity contribution < 1.29 is 23.8 Å². The molecule has 2 aromatic rings. The van der Waals surface area contributed by atoms with Crippen LogP contribution >= 0.6 is 0 Å². The molecule has 0 saturated heterocycles. The number of benzene rings is 2. The van der Waals surface area contributed by atoms with E-state index in [1.807, 2.05) is 30.3 Å². The van der Waals surface area contributed by atoms with Crippen LogP contribution in [0.5, 0.6) is 0 Å². The first-order valence-corrected chi connectivity index (χ1v) is 13.4. The summed E-state index contributed by atoms with van der Waals surface area (Å²) in [6.45, 7) is 1.92. The largest absolute Gasteiger partial charge is 0.508 e. The van der Waals surface area contributed by atoms with Gasteiger partial charge in [0.2, 0.25) is 5.91 Å². The maximum atomic E-state index is 14.2. The molecule has 1 saturated carbocycles. The van der Waals surface area contributed by atoms with Crippen LogP contribution in [0.25, 0.3) is 0 Å². The number of esters is 1. The van der Waals surface area contributed by atoms with E-state index in [2.05, 4.69) is 10.6 Å². The number of fused-ring (bicyclic) bond motifs is 1. The Morgan fingerprint density at radius 3 is 2.65 bits per heavy atom. The first-order valence-electron chi connectivity index (χ1n) is 13.4. The molecule has 4 atom stereocenters. The summed E-state index contributed by atoms with van der Waals surface area (Å²) in [4.78, 5) is 24.9. The van der Waals surface area contributed by atoms with Gasteiger partial charge in [-0.1, -0.05) is 68.5 Å². The topological polar surface area (TPSA) is 87.7 Å². The standard InChI is InChI=1S/C30H35FN2O4/c1-18(34)32-15-14-23-22-13-12-21(31)17-24(22)33-28(23)26(20-10-6-3-7-11-20)27-29(35)25(37-30(27)36)16-19-8-4-2-5-9-19/h3,6-7,10-13,17,19,23,25-26,28,33,35H,2,4-5,8-9,14-16H2,1H3,(H,32,34). The average molecular weight is 507 g/mol. The average Bonchev–Trinajstić information content (AvgIpc) is 3.37. The van der Waals surface area contributed by atoms with Gasteiger partial charge in [0.05, 0.1) is 5.57 Å². The highest BCUT2D eigenvalue weighted by Gasteiger charge is 2.47. The first-order chi connectivity index (χ1) is 17.9. The SMILES string of the molecule is CC(=O)NCCC1c2ccc(F)cc2NC1C(C1=C(O)C(CC2CCCCC2)OC1=O)c1ccccc1. The molecule has 0 radical (unpaired) electrons. The number of ether oxygens (including phenoxy) is 1. The number of hydrogen-bond acceptors (Lipinski definition) is 5. The van der Waals surface area contributed by atoms with Gasteiger partial charge in [0, 0.05) is 37.0 Å². The van der Waals surface area contributed by atoms with E-state index >= 15 is 0 Å². The number of nitrogens with one attached hydrogen (secondary N) is 2. The van der Waals surface area contributed by atoms with Gasteiger partial charge in [0.15, 0.2) is 6.10 Å². The summed E-state index contributed by atoms with van der Waals surface area (Å²) in [6.07, 6.45) is 6.36. The number of cyclic esters (lactones) is 1. The zero-order chi connectivity index (χ0) is 25.9. The molecule has 0 spiro atoms. The number of carbonyl (C=O) groups is 2. The fourth-order valence-corrected chi connectivity index (χ4v) is 6.42. The van der Waals surface area contributed by atoms with Gasteiger partial charge in [0.25, 0.3) is 0 Å². The minimum atomic E-state index is -0.629. The Morgan fingerprint density at radius 1 is 1.16 bits per heavy atom. The van der Waals surface area contributed by atoms with Gasteiger partial charge >= 0.3 is 5.97 Å². The first kappa shape index (κ1) is 25.3. The third kappa shape index (κ3) is 5.36. The second-order valence-electron chi connectivity index (χ2n) is 10.6. The quantitative estimate of drug-likeness (QED) is 0.399. The normalized spacial score (nSPS) is 24.4. The van der Waals surface area contributed by atoms with Gasteiger partial charge in [-0.15, -0.1) is 0 Å². The van der Waals surface area contributed by atoms with Gasteiger partial charge in [-0.25, -0.2) is 9.18 Å². The lowest BCUT2D eigenvalue weighted by Crippen LogP contribution is -2.34. The van der Waals surface area contributed by atoms with Crippen molar-refractivity contribution in [2.24, 2.45) is 5.92 Å². The molecule has 37 heavy (non-hydrogen) atoms. The van der Waals surface area contributed by atoms with Crippen LogP contribution in [-0.4, -0.2) is 35.7 Å². The predicted octanol–water partition coefficient (Wildman–Crippen LogP) is 5.72. The monoisotopic (exact) mass is 506 g/mol. The van der Waals surface area contributed by atoms with Crippen LogP contribution in [0.1, 0.15) is 74.8 Å². The molecule has 2 heterocycles. The van der Waals surface area contributed by atoms with Gasteiger partial charge in [0.1, 0.15) is 11.6 Å². The summed E-state index contributed by atoms with van der Waals surface area (Å²) in [5.41, 5.74) is 2.75. The highest BCUT2D eigenvalue weighted by atomic mass is 19.1. The number of hydrogen-bond donors (Lipinski definition) is 3. The highest BCUT2D eigenvalue weighted by Crippen LogP contribution is 2.48. The molecule has 5 rings (SSSR count). The van der Waals surface area contributed by atoms with Crippen LogP contribution in [0.3, 0.4) is 0 Å². The molecule has 0 bridgehead atoms. The van der Waals surface area contributed by atoms with Crippen LogP contribution in [0.15, 0.2) is 59.9 Å². The number of aliphatic hydroxyl groups excluding tert-OH is 1. The second kappa shape index (κ2) is 11.0. The molecular formula is C30H35FN2O4. The second-order valence-corrected chi connectivity index (χ2v) is 10.6. The summed E-state index contributed by atoms with van der Waals surface area (Å²) in [6, 6.07) is 14.0. The minimum absolute atomic E-state index is 0.0222. The van der Waals surface area contributed by atoms with E-state index < -0.39 is 18.0 Å². The third-order valence-corrected chi connectivity index (χ3v) is 8.15. The van der Waals surface area contributed by atoms with Gasteiger partial charge in [-0.2, -0.15) is 0 Å². The molecule has 4 unspecified atom stereocenters. The van der Waals surface area contributed by atoms with Crippen LogP contribution in [0, 0.1) is 11.7 Å². The van der Waals surface area contributed by atoms with Crippen molar-refractivity contribution in [2.45, 2.75) is 75.9 Å². The Balaban J connectivity index is 1.52. The maximum absolute atomic E-state index is 14.2. The molecule has 1 fully saturated rings. The van der Waals surface area contributed by atoms with Crippen molar-refractivity contribution in [2.75, 3.05) is 11.9 Å². The van der Waals surface area contributed by atoms with Gasteiger partial charge in [-0.05, 0) is 42.0 Å². The van der Waals surface area contributed by atoms with Crippen LogP contribution in [0.4, 0.5) is 10.1 Å². The highest BCUT2D eigenvalue weighted by molar-refractivity contribution is 5.94. The molecule has 6 nitrogen and oxygen atoms in total. The van der Waals surface area contributed by atoms with Crippen LogP contribution in [-0.2, 0) is 14.3 Å². The van der Waals surface area contributed by atoms with E-state index in [0.29, 0.717) is 31.0 Å². The summed E-state index contributed by atoms with van der Waals surface area (Å²) >= 11 is 0. The molecule has 7 heteroatoms. The van der Waals surface area contributed by atoms with Crippen LogP contribution < -0.4 is 10.6 Å². The van der Waals surface area contributed by atoms with Gasteiger partial charge < -0.3 is 20.5 Å². The smallest absolute Gasteiger partial charge is 0.339 e. The number of rotatable bonds is 8. The summed E-state index contributed by atoms with van der Waals surface area (Å²) in [5, 5.41) is 17.8. The fourth-order valence-electron chi connectivity index (χ4n) is 6.42. The summed E-state index contributed by atoms with van der Waals surface area (Å²) in [5.74, 6) is -1.14. The number of amides is 1. The van der Waals surface area contributed by atoms with Crippen molar-refractivity contribution in [3.63, 3.8) is 0 Å². The van der Waals surface area contributed by atoms with Crippen molar-refractivity contribution in [1.29, 1.82) is 0 Å². The Morgan fingerprint density at radius 2 is 1.92 bits per heavy atom. The molecule has 1 amide bonds. The van der Waals surface area contributed by atoms with E-state index in [1.165, 1.54) is 38.3 Å². The zero-order valence-corrected chi connectivity index (χ0v) is 21.2. The minimum Gasteiger partial charge on any atom is -0.508 e. The Labute approximate surface area is 217 Å². The molecular weight excluding hydrogens is 471 g/mol. The molecule has 2 aromatic carbocycles. The number of aliphatic hydroxyl groups is 1. The van der Waals surface area contributed by atoms with Crippen molar-refractivity contribution in [3.05, 3.63) is 76.8 Å². The molecule has 196 valence electrons. The number of halogens is 1. The molecule has 3 N–H and O–H groups in total. The Kier molecular flexibility index (Phi) is 7.49. The fraction of sp³-hybridized carbons (Fsp3) is 0.467. The van der Waals surface area contributed by atoms with Crippen LogP contribution in [0.2, 0.25) is 0 Å². The lowest BCUT2D eigenvalue weighted by Gasteiger charge is -2.30. The maximum Gasteiger partial charge on any atom is 0.339 e. The van der Waals surface area contributed by atoms with Gasteiger partial charge in [-0.3, -0.25) is 4.79 Å². The van der Waals surface area contributed by atoms with E-state index in [1.54, 1.807) is 6.07 Å². The molecule has 1 aliphatic carbocycles. The predicted molar refractivity (Wildman–Crippen MR) is 140 cm³/mol. The lowest BCUT2D eigenvalue weighted by atomic mass is 9.76. The third-order valence-electron chi connectivity index (χ3n) is 8.15. The number of anilines is 1. The Bertz CT molecular complexity index is 1180. The molecule has 3 aliphatic rings. The summed E-state index contributed by atoms with van der Waals surface area (Å²) in [7, 11) is 0. The van der Waals surface area contributed by atoms with E-state index in [-0.39, 0.29) is 35.0 Å².